The summed E-state index contributed by atoms with van der Waals surface area (Å²) >= 11 is 0. The van der Waals surface area contributed by atoms with E-state index in [9.17, 15) is 14.4 Å². The average Bonchev–Trinajstić information content (AvgIpc) is 2.80. The van der Waals surface area contributed by atoms with Gasteiger partial charge in [0.15, 0.2) is 6.29 Å². The van der Waals surface area contributed by atoms with E-state index in [4.69, 9.17) is 0 Å². The Balaban J connectivity index is 2.81. The predicted octanol–water partition coefficient (Wildman–Crippen LogP) is 0.641. The molecule has 0 amide bonds. The van der Waals surface area contributed by atoms with Crippen LogP contribution in [0.25, 0.3) is 11.0 Å². The summed E-state index contributed by atoms with van der Waals surface area (Å²) in [6.45, 7) is 2.55. The number of nitrogens with one attached hydrogen (secondary N) is 1. The molecule has 0 radical (unpaired) electrons. The van der Waals surface area contributed by atoms with E-state index in [0.717, 1.165) is 17.4 Å². The predicted molar refractivity (Wildman–Crippen MR) is 68.1 cm³/mol. The van der Waals surface area contributed by atoms with Crippen molar-refractivity contribution in [3.63, 3.8) is 0 Å². The lowest BCUT2D eigenvalue weighted by Gasteiger charge is -2.08. The van der Waals surface area contributed by atoms with E-state index in [1.54, 1.807) is 0 Å². The Hall–Kier alpha value is -2.11. The molecule has 0 saturated heterocycles. The Morgan fingerprint density at radius 2 is 2.11 bits per heavy atom. The van der Waals surface area contributed by atoms with Gasteiger partial charge in [0.2, 0.25) is 0 Å². The van der Waals surface area contributed by atoms with Crippen molar-refractivity contribution in [1.82, 2.24) is 14.1 Å². The molecule has 2 rings (SSSR count). The number of unbranched alkanes of at least 4 members (excludes halogenated alkanes) is 1. The van der Waals surface area contributed by atoms with E-state index >= 15 is 0 Å². The third-order valence-electron chi connectivity index (χ3n) is 3.00. The number of aldehydes is 1. The Bertz CT molecular complexity index is 706. The maximum atomic E-state index is 12.0. The standard InChI is InChI=1S/C12H15N3O3/c1-3-4-5-15-10-9(6-8(7-16)13-10)11(17)14(2)12(15)18/h6-7,13H,3-5H2,1-2H3. The molecular weight excluding hydrogens is 234 g/mol. The smallest absolute Gasteiger partial charge is 0.332 e. The van der Waals surface area contributed by atoms with Gasteiger partial charge >= 0.3 is 5.69 Å². The van der Waals surface area contributed by atoms with Crippen LogP contribution in [0.15, 0.2) is 15.7 Å². The van der Waals surface area contributed by atoms with Crippen molar-refractivity contribution < 1.29 is 4.79 Å². The van der Waals surface area contributed by atoms with Gasteiger partial charge in [-0.25, -0.2) is 4.79 Å². The number of hydrogen-bond donors (Lipinski definition) is 1. The van der Waals surface area contributed by atoms with Crippen molar-refractivity contribution >= 4 is 17.3 Å². The second-order valence-corrected chi connectivity index (χ2v) is 4.26. The van der Waals surface area contributed by atoms with Gasteiger partial charge in [-0.3, -0.25) is 18.7 Å². The number of hydrogen-bond acceptors (Lipinski definition) is 3. The van der Waals surface area contributed by atoms with E-state index < -0.39 is 0 Å². The zero-order valence-corrected chi connectivity index (χ0v) is 10.4. The van der Waals surface area contributed by atoms with Crippen molar-refractivity contribution in [2.45, 2.75) is 26.3 Å². The maximum absolute atomic E-state index is 12.0. The highest BCUT2D eigenvalue weighted by Gasteiger charge is 2.13. The number of nitrogens with zero attached hydrogens (tertiary/aromatic N) is 2. The largest absolute Gasteiger partial charge is 0.338 e. The molecule has 0 spiro atoms. The molecule has 6 heteroatoms. The number of aromatic amines is 1. The number of carbonyl (C=O) groups is 1. The number of aryl methyl sites for hydroxylation is 1. The van der Waals surface area contributed by atoms with Crippen LogP contribution in [-0.4, -0.2) is 20.4 Å². The summed E-state index contributed by atoms with van der Waals surface area (Å²) in [5.74, 6) is 0. The Morgan fingerprint density at radius 3 is 2.72 bits per heavy atom. The summed E-state index contributed by atoms with van der Waals surface area (Å²) < 4.78 is 2.58. The van der Waals surface area contributed by atoms with Crippen molar-refractivity contribution in [1.29, 1.82) is 0 Å². The summed E-state index contributed by atoms with van der Waals surface area (Å²) in [5, 5.41) is 0.371. The Morgan fingerprint density at radius 1 is 1.39 bits per heavy atom. The zero-order valence-electron chi connectivity index (χ0n) is 10.4. The molecule has 0 atom stereocenters. The maximum Gasteiger partial charge on any atom is 0.332 e. The molecule has 18 heavy (non-hydrogen) atoms. The van der Waals surface area contributed by atoms with Crippen molar-refractivity contribution in [3.8, 4) is 0 Å². The minimum atomic E-state index is -0.382. The molecule has 2 heterocycles. The summed E-state index contributed by atoms with van der Waals surface area (Å²) in [6.07, 6.45) is 2.41. The number of fused-ring (bicyclic) bond motifs is 1. The summed E-state index contributed by atoms with van der Waals surface area (Å²) in [7, 11) is 1.44. The van der Waals surface area contributed by atoms with E-state index in [1.165, 1.54) is 17.7 Å². The van der Waals surface area contributed by atoms with Crippen molar-refractivity contribution in [3.05, 3.63) is 32.6 Å². The molecule has 2 aromatic rings. The molecule has 0 aliphatic heterocycles. The normalized spacial score (nSPS) is 11.0. The highest BCUT2D eigenvalue weighted by Crippen LogP contribution is 2.09. The van der Waals surface area contributed by atoms with Crippen LogP contribution in [0.2, 0.25) is 0 Å². The first-order chi connectivity index (χ1) is 8.60. The van der Waals surface area contributed by atoms with Gasteiger partial charge in [0.25, 0.3) is 5.56 Å². The zero-order chi connectivity index (χ0) is 13.3. The average molecular weight is 249 g/mol. The minimum absolute atomic E-state index is 0.304. The van der Waals surface area contributed by atoms with Gasteiger partial charge in [0.1, 0.15) is 5.65 Å². The van der Waals surface area contributed by atoms with Crippen LogP contribution >= 0.6 is 0 Å². The monoisotopic (exact) mass is 249 g/mol. The lowest BCUT2D eigenvalue weighted by molar-refractivity contribution is 0.111. The molecule has 0 unspecified atom stereocenters. The lowest BCUT2D eigenvalue weighted by atomic mass is 10.3. The van der Waals surface area contributed by atoms with Crippen LogP contribution in [0.1, 0.15) is 30.3 Å². The van der Waals surface area contributed by atoms with Gasteiger partial charge in [0, 0.05) is 13.6 Å². The molecule has 96 valence electrons. The molecular formula is C12H15N3O3. The molecule has 0 saturated carbocycles. The third kappa shape index (κ3) is 1.79. The second kappa shape index (κ2) is 4.64. The highest BCUT2D eigenvalue weighted by atomic mass is 16.2. The van der Waals surface area contributed by atoms with E-state index in [0.29, 0.717) is 29.6 Å². The number of rotatable bonds is 4. The Kier molecular flexibility index (Phi) is 3.18. The van der Waals surface area contributed by atoms with Crippen LogP contribution < -0.4 is 11.2 Å². The van der Waals surface area contributed by atoms with Gasteiger partial charge in [-0.1, -0.05) is 13.3 Å². The second-order valence-electron chi connectivity index (χ2n) is 4.26. The topological polar surface area (TPSA) is 76.9 Å². The van der Waals surface area contributed by atoms with E-state index in [1.807, 2.05) is 6.92 Å². The van der Waals surface area contributed by atoms with Gasteiger partial charge in [-0.15, -0.1) is 0 Å². The molecule has 0 aliphatic rings. The highest BCUT2D eigenvalue weighted by molar-refractivity contribution is 5.85. The van der Waals surface area contributed by atoms with Gasteiger partial charge < -0.3 is 4.98 Å². The first kappa shape index (κ1) is 12.3. The van der Waals surface area contributed by atoms with Gasteiger partial charge in [-0.2, -0.15) is 0 Å². The molecule has 0 aliphatic carbocycles. The molecule has 0 fully saturated rings. The number of carbonyl (C=O) groups excluding carboxylic acids is 1. The fraction of sp³-hybridized carbons (Fsp3) is 0.417. The summed E-state index contributed by atoms with van der Waals surface area (Å²) in [4.78, 5) is 37.5. The first-order valence-electron chi connectivity index (χ1n) is 5.87. The van der Waals surface area contributed by atoms with E-state index in [2.05, 4.69) is 4.98 Å². The molecule has 0 bridgehead atoms. The Labute approximate surface area is 103 Å². The number of aromatic nitrogens is 3. The van der Waals surface area contributed by atoms with Crippen LogP contribution in [-0.2, 0) is 13.6 Å². The quantitative estimate of drug-likeness (QED) is 0.808. The summed E-state index contributed by atoms with van der Waals surface area (Å²) in [5.41, 5.74) is -0.0102. The third-order valence-corrected chi connectivity index (χ3v) is 3.00. The van der Waals surface area contributed by atoms with Gasteiger partial charge in [0.05, 0.1) is 11.1 Å². The first-order valence-corrected chi connectivity index (χ1v) is 5.87. The minimum Gasteiger partial charge on any atom is -0.338 e. The molecule has 2 aromatic heterocycles. The molecule has 1 N–H and O–H groups in total. The van der Waals surface area contributed by atoms with Crippen LogP contribution in [0.4, 0.5) is 0 Å². The van der Waals surface area contributed by atoms with Crippen molar-refractivity contribution in [2.24, 2.45) is 7.05 Å². The number of H-pyrrole nitrogens is 1. The van der Waals surface area contributed by atoms with Crippen LogP contribution in [0.5, 0.6) is 0 Å². The summed E-state index contributed by atoms with van der Waals surface area (Å²) in [6, 6.07) is 1.48. The van der Waals surface area contributed by atoms with Crippen LogP contribution in [0, 0.1) is 0 Å². The fourth-order valence-corrected chi connectivity index (χ4v) is 1.97. The van der Waals surface area contributed by atoms with Crippen LogP contribution in [0.3, 0.4) is 0 Å². The SMILES string of the molecule is CCCCn1c(=O)n(C)c(=O)c2cc(C=O)[nH]c21. The van der Waals surface area contributed by atoms with Crippen molar-refractivity contribution in [2.75, 3.05) is 0 Å². The lowest BCUT2D eigenvalue weighted by Crippen LogP contribution is -2.38. The molecule has 6 nitrogen and oxygen atoms in total. The van der Waals surface area contributed by atoms with Gasteiger partial charge in [-0.05, 0) is 12.5 Å². The fourth-order valence-electron chi connectivity index (χ4n) is 1.97. The molecule has 0 aromatic carbocycles. The van der Waals surface area contributed by atoms with E-state index in [-0.39, 0.29) is 11.2 Å².